The third kappa shape index (κ3) is 4.52. The molecule has 1 heterocycles. The van der Waals surface area contributed by atoms with E-state index in [1.807, 2.05) is 44.2 Å². The molecule has 5 nitrogen and oxygen atoms in total. The molecule has 0 bridgehead atoms. The summed E-state index contributed by atoms with van der Waals surface area (Å²) in [5.74, 6) is 1.33. The van der Waals surface area contributed by atoms with Crippen LogP contribution < -0.4 is 10.3 Å². The van der Waals surface area contributed by atoms with E-state index in [4.69, 9.17) is 4.74 Å². The molecule has 0 aliphatic heterocycles. The van der Waals surface area contributed by atoms with Gasteiger partial charge in [0.15, 0.2) is 0 Å². The summed E-state index contributed by atoms with van der Waals surface area (Å²) in [6.07, 6.45) is 3.22. The van der Waals surface area contributed by atoms with Crippen LogP contribution in [-0.2, 0) is 6.42 Å². The van der Waals surface area contributed by atoms with E-state index in [-0.39, 0.29) is 11.7 Å². The van der Waals surface area contributed by atoms with Gasteiger partial charge in [-0.3, -0.25) is 4.79 Å². The van der Waals surface area contributed by atoms with Gasteiger partial charge in [0.05, 0.1) is 23.2 Å². The van der Waals surface area contributed by atoms with Crippen LogP contribution >= 0.6 is 31.9 Å². The van der Waals surface area contributed by atoms with E-state index in [1.165, 1.54) is 4.68 Å². The summed E-state index contributed by atoms with van der Waals surface area (Å²) in [5.41, 5.74) is 1.26. The molecule has 1 aromatic heterocycles. The number of hydrogen-bond acceptors (Lipinski definition) is 4. The summed E-state index contributed by atoms with van der Waals surface area (Å²) in [5, 5.41) is 4.98. The van der Waals surface area contributed by atoms with Gasteiger partial charge in [-0.25, -0.2) is 4.98 Å². The molecular weight excluding hydrogens is 486 g/mol. The number of fused-ring (bicyclic) bond motifs is 1. The van der Waals surface area contributed by atoms with Crippen molar-refractivity contribution in [1.29, 1.82) is 0 Å². The number of aromatic nitrogens is 2. The van der Waals surface area contributed by atoms with E-state index >= 15 is 0 Å². The zero-order valence-corrected chi connectivity index (χ0v) is 19.1. The van der Waals surface area contributed by atoms with Gasteiger partial charge in [0.25, 0.3) is 5.56 Å². The minimum atomic E-state index is -0.196. The number of nitrogens with zero attached hydrogens (tertiary/aromatic N) is 3. The molecule has 0 spiro atoms. The van der Waals surface area contributed by atoms with Gasteiger partial charge in [0.2, 0.25) is 0 Å². The second-order valence-electron chi connectivity index (χ2n) is 6.42. The minimum Gasteiger partial charge on any atom is -0.490 e. The maximum atomic E-state index is 13.0. The fourth-order valence-corrected chi connectivity index (χ4v) is 3.43. The van der Waals surface area contributed by atoms with Crippen molar-refractivity contribution in [1.82, 2.24) is 9.66 Å². The number of aryl methyl sites for hydroxylation is 1. The van der Waals surface area contributed by atoms with Crippen molar-refractivity contribution in [3.05, 3.63) is 67.1 Å². The first kappa shape index (κ1) is 20.7. The molecule has 3 rings (SSSR count). The Kier molecular flexibility index (Phi) is 6.67. The van der Waals surface area contributed by atoms with Crippen molar-refractivity contribution in [2.75, 3.05) is 0 Å². The summed E-state index contributed by atoms with van der Waals surface area (Å²) in [6, 6.07) is 11.2. The quantitative estimate of drug-likeness (QED) is 0.412. The van der Waals surface area contributed by atoms with Crippen molar-refractivity contribution in [3.63, 3.8) is 0 Å². The second-order valence-corrected chi connectivity index (χ2v) is 8.25. The van der Waals surface area contributed by atoms with Crippen LogP contribution in [0.15, 0.2) is 55.2 Å². The molecule has 0 saturated heterocycles. The largest absolute Gasteiger partial charge is 0.490 e. The highest BCUT2D eigenvalue weighted by molar-refractivity contribution is 9.10. The van der Waals surface area contributed by atoms with Crippen molar-refractivity contribution in [2.45, 2.75) is 39.7 Å². The van der Waals surface area contributed by atoms with Gasteiger partial charge in [-0.15, -0.1) is 0 Å². The highest BCUT2D eigenvalue weighted by Crippen LogP contribution is 2.23. The van der Waals surface area contributed by atoms with Gasteiger partial charge in [0.1, 0.15) is 11.6 Å². The lowest BCUT2D eigenvalue weighted by Gasteiger charge is -2.15. The van der Waals surface area contributed by atoms with Crippen LogP contribution in [0.25, 0.3) is 10.9 Å². The van der Waals surface area contributed by atoms with Crippen molar-refractivity contribution < 1.29 is 4.74 Å². The van der Waals surface area contributed by atoms with Crippen molar-refractivity contribution in [2.24, 2.45) is 5.10 Å². The lowest BCUT2D eigenvalue weighted by molar-refractivity contribution is 0.217. The van der Waals surface area contributed by atoms with Crippen molar-refractivity contribution >= 4 is 49.0 Å². The van der Waals surface area contributed by atoms with E-state index in [1.54, 1.807) is 12.3 Å². The Labute approximate surface area is 180 Å². The van der Waals surface area contributed by atoms with Gasteiger partial charge in [-0.2, -0.15) is 9.78 Å². The average molecular weight is 507 g/mol. The Morgan fingerprint density at radius 1 is 1.18 bits per heavy atom. The van der Waals surface area contributed by atoms with Crippen LogP contribution in [0.2, 0.25) is 0 Å². The smallest absolute Gasteiger partial charge is 0.282 e. The van der Waals surface area contributed by atoms with E-state index in [0.29, 0.717) is 23.1 Å². The van der Waals surface area contributed by atoms with Crippen LogP contribution in [0.3, 0.4) is 0 Å². The van der Waals surface area contributed by atoms with E-state index in [0.717, 1.165) is 26.7 Å². The zero-order valence-electron chi connectivity index (χ0n) is 15.9. The maximum Gasteiger partial charge on any atom is 0.282 e. The van der Waals surface area contributed by atoms with Crippen LogP contribution in [0.4, 0.5) is 0 Å². The molecule has 0 saturated carbocycles. The van der Waals surface area contributed by atoms with Gasteiger partial charge in [-0.1, -0.05) is 45.7 Å². The normalized spacial score (nSPS) is 12.6. The number of rotatable bonds is 6. The number of halogens is 2. The number of ether oxygens (including phenoxy) is 1. The van der Waals surface area contributed by atoms with E-state index in [2.05, 4.69) is 48.9 Å². The highest BCUT2D eigenvalue weighted by atomic mass is 79.9. The summed E-state index contributed by atoms with van der Waals surface area (Å²) in [7, 11) is 0. The Morgan fingerprint density at radius 2 is 1.89 bits per heavy atom. The molecule has 1 atom stereocenters. The molecule has 2 aromatic carbocycles. The van der Waals surface area contributed by atoms with Crippen LogP contribution in [0, 0.1) is 0 Å². The van der Waals surface area contributed by atoms with Gasteiger partial charge in [0, 0.05) is 20.9 Å². The molecular formula is C21H21Br2N3O2. The fraction of sp³-hybridized carbons (Fsp3) is 0.286. The monoisotopic (exact) mass is 505 g/mol. The van der Waals surface area contributed by atoms with Crippen LogP contribution in [0.5, 0.6) is 5.75 Å². The minimum absolute atomic E-state index is 0.0851. The molecule has 0 amide bonds. The standard InChI is InChI=1S/C21H21Br2N3O2/c1-4-13(3)28-19-9-7-15(22)10-14(19)12-24-26-20(5-2)25-18-8-6-16(23)11-17(18)21(26)27/h6-13H,4-5H2,1-3H3/t13-/m0/s1. The summed E-state index contributed by atoms with van der Waals surface area (Å²) in [6.45, 7) is 6.05. The lowest BCUT2D eigenvalue weighted by Crippen LogP contribution is -2.22. The van der Waals surface area contributed by atoms with Gasteiger partial charge < -0.3 is 4.74 Å². The third-order valence-electron chi connectivity index (χ3n) is 4.38. The van der Waals surface area contributed by atoms with Crippen LogP contribution in [-0.4, -0.2) is 22.0 Å². The first-order valence-electron chi connectivity index (χ1n) is 9.14. The van der Waals surface area contributed by atoms with E-state index < -0.39 is 0 Å². The summed E-state index contributed by atoms with van der Waals surface area (Å²) >= 11 is 6.90. The summed E-state index contributed by atoms with van der Waals surface area (Å²) in [4.78, 5) is 17.6. The topological polar surface area (TPSA) is 56.5 Å². The number of benzene rings is 2. The molecule has 146 valence electrons. The first-order valence-corrected chi connectivity index (χ1v) is 10.7. The zero-order chi connectivity index (χ0) is 20.3. The average Bonchev–Trinajstić information content (AvgIpc) is 2.69. The predicted molar refractivity (Wildman–Crippen MR) is 121 cm³/mol. The molecule has 7 heteroatoms. The molecule has 0 aliphatic carbocycles. The molecule has 28 heavy (non-hydrogen) atoms. The number of hydrogen-bond donors (Lipinski definition) is 0. The summed E-state index contributed by atoms with van der Waals surface area (Å²) < 4.78 is 9.09. The second kappa shape index (κ2) is 9.01. The fourth-order valence-electron chi connectivity index (χ4n) is 2.69. The van der Waals surface area contributed by atoms with Gasteiger partial charge in [-0.05, 0) is 49.7 Å². The Morgan fingerprint density at radius 3 is 2.61 bits per heavy atom. The van der Waals surface area contributed by atoms with E-state index in [9.17, 15) is 4.79 Å². The molecule has 3 aromatic rings. The van der Waals surface area contributed by atoms with Crippen molar-refractivity contribution in [3.8, 4) is 5.75 Å². The van der Waals surface area contributed by atoms with Gasteiger partial charge >= 0.3 is 0 Å². The Bertz CT molecular complexity index is 1090. The first-order chi connectivity index (χ1) is 13.4. The predicted octanol–water partition coefficient (Wildman–Crippen LogP) is 5.54. The van der Waals surface area contributed by atoms with Crippen LogP contribution in [0.1, 0.15) is 38.6 Å². The molecule has 0 fully saturated rings. The Hall–Kier alpha value is -1.99. The lowest BCUT2D eigenvalue weighted by atomic mass is 10.2. The maximum absolute atomic E-state index is 13.0. The highest BCUT2D eigenvalue weighted by Gasteiger charge is 2.11. The molecule has 0 radical (unpaired) electrons. The SMILES string of the molecule is CCc1nc2ccc(Br)cc2c(=O)n1N=Cc1cc(Br)ccc1O[C@@H](C)CC. The molecule has 0 N–H and O–H groups in total. The molecule has 0 unspecified atom stereocenters. The third-order valence-corrected chi connectivity index (χ3v) is 5.37. The Balaban J connectivity index is 2.10. The molecule has 0 aliphatic rings.